The summed E-state index contributed by atoms with van der Waals surface area (Å²) in [5.74, 6) is -0.336. The summed E-state index contributed by atoms with van der Waals surface area (Å²) in [5.41, 5.74) is 3.09. The molecule has 4 N–H and O–H groups in total. The highest BCUT2D eigenvalue weighted by Crippen LogP contribution is 2.25. The number of amides is 4. The maximum atomic E-state index is 12.9. The van der Waals surface area contributed by atoms with Crippen LogP contribution in [0.2, 0.25) is 0 Å². The molecule has 6 heterocycles. The third kappa shape index (κ3) is 10.0. The number of rotatable bonds is 10. The lowest BCUT2D eigenvalue weighted by atomic mass is 10.2. The van der Waals surface area contributed by atoms with Crippen molar-refractivity contribution in [2.75, 3.05) is 23.9 Å². The van der Waals surface area contributed by atoms with Crippen LogP contribution < -0.4 is 20.4 Å². The SMILES string of the molecule is C.CC(O)c1cc2n(n1)CC[C@H](NC(=O)c1ncn(Cc3ccccc3)n1)C(=O)N2C.CC(O)c1cc2n(n1)CC[C@H](NC(=O)c1ncn(Cc3ccccc3)n1)C(=O)N2C. The number of anilines is 2. The molecule has 6 aromatic rings. The number of aliphatic hydroxyl groups is 2. The fourth-order valence-corrected chi connectivity index (χ4v) is 6.78. The molecule has 4 atom stereocenters. The van der Waals surface area contributed by atoms with Crippen molar-refractivity contribution in [2.24, 2.45) is 0 Å². The number of likely N-dealkylation sites (N-methyl/N-ethyl adjacent to an activating group) is 2. The first-order valence-electron chi connectivity index (χ1n) is 19.4. The van der Waals surface area contributed by atoms with Crippen molar-refractivity contribution in [3.8, 4) is 0 Å². The van der Waals surface area contributed by atoms with Crippen LogP contribution in [-0.4, -0.2) is 109 Å². The number of benzene rings is 2. The van der Waals surface area contributed by atoms with Crippen molar-refractivity contribution < 1.29 is 29.4 Å². The van der Waals surface area contributed by atoms with Crippen LogP contribution in [0.15, 0.2) is 85.5 Å². The normalized spacial score (nSPS) is 17.1. The van der Waals surface area contributed by atoms with E-state index in [1.165, 1.54) is 22.5 Å². The van der Waals surface area contributed by atoms with E-state index in [1.807, 2.05) is 60.7 Å². The highest BCUT2D eigenvalue weighted by Gasteiger charge is 2.33. The lowest BCUT2D eigenvalue weighted by molar-refractivity contribution is -0.120. The summed E-state index contributed by atoms with van der Waals surface area (Å²) in [6.07, 6.45) is 2.29. The molecule has 0 bridgehead atoms. The number of aromatic nitrogens is 10. The van der Waals surface area contributed by atoms with Crippen LogP contribution in [0.4, 0.5) is 11.6 Å². The zero-order chi connectivity index (χ0) is 42.5. The Balaban J connectivity index is 0.000000201. The molecule has 2 aliphatic rings. The molecular formula is C41H50N14O6. The van der Waals surface area contributed by atoms with Crippen molar-refractivity contribution in [3.63, 3.8) is 0 Å². The van der Waals surface area contributed by atoms with Gasteiger partial charge in [-0.3, -0.25) is 29.0 Å². The van der Waals surface area contributed by atoms with Crippen LogP contribution in [0.25, 0.3) is 0 Å². The van der Waals surface area contributed by atoms with Gasteiger partial charge in [0, 0.05) is 39.3 Å². The number of aliphatic hydroxyl groups excluding tert-OH is 2. The van der Waals surface area contributed by atoms with Crippen molar-refractivity contribution >= 4 is 35.3 Å². The van der Waals surface area contributed by atoms with Gasteiger partial charge in [-0.05, 0) is 37.8 Å². The first-order valence-corrected chi connectivity index (χ1v) is 19.4. The summed E-state index contributed by atoms with van der Waals surface area (Å²) in [6, 6.07) is 21.4. The molecule has 2 aliphatic heterocycles. The molecule has 0 radical (unpaired) electrons. The molecule has 0 spiro atoms. The topological polar surface area (TPSA) is 236 Å². The zero-order valence-electron chi connectivity index (χ0n) is 33.5. The molecule has 0 aliphatic carbocycles. The second-order valence-corrected chi connectivity index (χ2v) is 14.6. The maximum absolute atomic E-state index is 12.9. The number of carbonyl (C=O) groups is 4. The van der Waals surface area contributed by atoms with Crippen LogP contribution >= 0.6 is 0 Å². The van der Waals surface area contributed by atoms with Gasteiger partial charge in [0.2, 0.25) is 11.6 Å². The molecule has 320 valence electrons. The summed E-state index contributed by atoms with van der Waals surface area (Å²) in [5, 5.41) is 42.1. The Morgan fingerprint density at radius 2 is 1.03 bits per heavy atom. The van der Waals surface area contributed by atoms with Gasteiger partial charge < -0.3 is 20.8 Å². The van der Waals surface area contributed by atoms with Crippen molar-refractivity contribution in [1.82, 2.24) is 59.7 Å². The standard InChI is InChI=1S/2C20H23N7O3.CH4/c2*1-13(28)16-10-17-25(2)20(30)15(8-9-27(17)23-16)22-19(29)18-21-12-26(24-18)11-14-6-4-3-5-7-14;/h2*3-7,10,12-13,15,28H,8-9,11H2,1-2H3,(H,22,29);1H4/t2*13?,15-;/m00./s1. The van der Waals surface area contributed by atoms with Crippen molar-refractivity contribution in [1.29, 1.82) is 0 Å². The van der Waals surface area contributed by atoms with Crippen molar-refractivity contribution in [3.05, 3.63) is 120 Å². The van der Waals surface area contributed by atoms with Crippen LogP contribution in [0, 0.1) is 0 Å². The number of fused-ring (bicyclic) bond motifs is 2. The maximum Gasteiger partial charge on any atom is 0.291 e. The van der Waals surface area contributed by atoms with Crippen LogP contribution in [0.1, 0.15) is 90.1 Å². The number of nitrogens with one attached hydrogen (secondary N) is 2. The van der Waals surface area contributed by atoms with Gasteiger partial charge in [0.15, 0.2) is 0 Å². The van der Waals surface area contributed by atoms with E-state index in [0.717, 1.165) is 11.1 Å². The minimum Gasteiger partial charge on any atom is -0.387 e. The van der Waals surface area contributed by atoms with Gasteiger partial charge in [-0.1, -0.05) is 68.1 Å². The first kappa shape index (κ1) is 43.5. The third-order valence-corrected chi connectivity index (χ3v) is 10.1. The first-order chi connectivity index (χ1) is 28.8. The van der Waals surface area contributed by atoms with E-state index in [4.69, 9.17) is 0 Å². The average Bonchev–Trinajstić information content (AvgIpc) is 4.06. The zero-order valence-corrected chi connectivity index (χ0v) is 33.5. The van der Waals surface area contributed by atoms with Gasteiger partial charge in [0.05, 0.1) is 36.7 Å². The van der Waals surface area contributed by atoms with E-state index in [1.54, 1.807) is 58.8 Å². The van der Waals surface area contributed by atoms with Gasteiger partial charge in [-0.15, -0.1) is 10.2 Å². The number of aryl methyl sites for hydroxylation is 2. The Hall–Kier alpha value is -7.06. The fraction of sp³-hybridized carbons (Fsp3) is 0.366. The molecule has 2 aromatic carbocycles. The fourth-order valence-electron chi connectivity index (χ4n) is 6.78. The van der Waals surface area contributed by atoms with Crippen LogP contribution in [0.3, 0.4) is 0 Å². The van der Waals surface area contributed by atoms with E-state index in [0.29, 0.717) is 62.0 Å². The van der Waals surface area contributed by atoms with Crippen molar-refractivity contribution in [2.45, 2.75) is 84.6 Å². The second-order valence-electron chi connectivity index (χ2n) is 14.6. The van der Waals surface area contributed by atoms with E-state index >= 15 is 0 Å². The average molecular weight is 835 g/mol. The number of nitrogens with zero attached hydrogens (tertiary/aromatic N) is 12. The van der Waals surface area contributed by atoms with Crippen LogP contribution in [0.5, 0.6) is 0 Å². The predicted molar refractivity (Wildman–Crippen MR) is 222 cm³/mol. The van der Waals surface area contributed by atoms with Gasteiger partial charge >= 0.3 is 0 Å². The summed E-state index contributed by atoms with van der Waals surface area (Å²) >= 11 is 0. The predicted octanol–water partition coefficient (Wildman–Crippen LogP) is 2.12. The lowest BCUT2D eigenvalue weighted by Crippen LogP contribution is -2.47. The molecule has 20 nitrogen and oxygen atoms in total. The monoisotopic (exact) mass is 834 g/mol. The van der Waals surface area contributed by atoms with E-state index < -0.39 is 36.1 Å². The molecule has 8 rings (SSSR count). The summed E-state index contributed by atoms with van der Waals surface area (Å²) < 4.78 is 6.49. The molecule has 4 amide bonds. The molecule has 2 unspecified atom stereocenters. The summed E-state index contributed by atoms with van der Waals surface area (Å²) in [7, 11) is 3.25. The molecule has 0 saturated carbocycles. The minimum atomic E-state index is -0.722. The molecular weight excluding hydrogens is 785 g/mol. The largest absolute Gasteiger partial charge is 0.387 e. The third-order valence-electron chi connectivity index (χ3n) is 10.1. The van der Waals surface area contributed by atoms with E-state index in [-0.39, 0.29) is 30.9 Å². The molecule has 0 saturated heterocycles. The summed E-state index contributed by atoms with van der Waals surface area (Å²) in [6.45, 7) is 5.10. The van der Waals surface area contributed by atoms with Crippen LogP contribution in [-0.2, 0) is 35.8 Å². The second kappa shape index (κ2) is 18.9. The van der Waals surface area contributed by atoms with Gasteiger partial charge in [0.1, 0.15) is 36.4 Å². The smallest absolute Gasteiger partial charge is 0.291 e. The highest BCUT2D eigenvalue weighted by molar-refractivity contribution is 6.01. The Labute approximate surface area is 351 Å². The van der Waals surface area contributed by atoms with Gasteiger partial charge in [-0.25, -0.2) is 28.7 Å². The number of hydrogen-bond acceptors (Lipinski definition) is 12. The number of carbonyl (C=O) groups excluding carboxylic acids is 4. The molecule has 4 aromatic heterocycles. The Bertz CT molecular complexity index is 2290. The number of hydrogen-bond donors (Lipinski definition) is 4. The molecule has 0 fully saturated rings. The van der Waals surface area contributed by atoms with E-state index in [9.17, 15) is 29.4 Å². The van der Waals surface area contributed by atoms with Gasteiger partial charge in [0.25, 0.3) is 23.6 Å². The molecule has 20 heteroatoms. The Morgan fingerprint density at radius 3 is 1.39 bits per heavy atom. The van der Waals surface area contributed by atoms with E-state index in [2.05, 4.69) is 41.0 Å². The Kier molecular flexibility index (Phi) is 13.5. The summed E-state index contributed by atoms with van der Waals surface area (Å²) in [4.78, 5) is 62.0. The molecule has 61 heavy (non-hydrogen) atoms. The minimum absolute atomic E-state index is 0. The quantitative estimate of drug-likeness (QED) is 0.155. The Morgan fingerprint density at radius 1 is 0.656 bits per heavy atom. The highest BCUT2D eigenvalue weighted by atomic mass is 16.3. The lowest BCUT2D eigenvalue weighted by Gasteiger charge is -2.20. The van der Waals surface area contributed by atoms with Gasteiger partial charge in [-0.2, -0.15) is 10.2 Å².